The van der Waals surface area contributed by atoms with Gasteiger partial charge in [0.2, 0.25) is 0 Å². The molecule has 1 aromatic carbocycles. The van der Waals surface area contributed by atoms with Gasteiger partial charge in [-0.25, -0.2) is 0 Å². The van der Waals surface area contributed by atoms with Gasteiger partial charge in [0.15, 0.2) is 0 Å². The minimum atomic E-state index is 0.826. The van der Waals surface area contributed by atoms with Gasteiger partial charge in [-0.05, 0) is 54.3 Å². The molecule has 1 nitrogen and oxygen atoms in total. The van der Waals surface area contributed by atoms with Crippen molar-refractivity contribution in [2.45, 2.75) is 32.1 Å². The molecule has 1 fully saturated rings. The predicted octanol–water partition coefficient (Wildman–Crippen LogP) is 3.61. The fourth-order valence-corrected chi connectivity index (χ4v) is 2.04. The van der Waals surface area contributed by atoms with Crippen LogP contribution in [0.3, 0.4) is 0 Å². The second kappa shape index (κ2) is 2.88. The van der Waals surface area contributed by atoms with Crippen LogP contribution in [0.2, 0.25) is 0 Å². The highest BCUT2D eigenvalue weighted by molar-refractivity contribution is 5.81. The smallest absolute Gasteiger partial charge is 0.0456 e. The monoisotopic (exact) mass is 185 g/mol. The molecule has 1 heteroatoms. The van der Waals surface area contributed by atoms with E-state index in [2.05, 4.69) is 36.2 Å². The molecule has 1 aromatic heterocycles. The number of benzene rings is 1. The number of fused-ring (bicyclic) bond motifs is 1. The third-order valence-electron chi connectivity index (χ3n) is 3.13. The molecule has 0 amide bonds. The van der Waals surface area contributed by atoms with E-state index in [1.165, 1.54) is 35.0 Å². The van der Waals surface area contributed by atoms with Gasteiger partial charge >= 0.3 is 0 Å². The van der Waals surface area contributed by atoms with Crippen LogP contribution in [0.5, 0.6) is 0 Å². The predicted molar refractivity (Wildman–Crippen MR) is 59.7 cm³/mol. The van der Waals surface area contributed by atoms with Gasteiger partial charge in [0.1, 0.15) is 0 Å². The largest absolute Gasteiger partial charge is 0.358 e. The van der Waals surface area contributed by atoms with Crippen LogP contribution in [-0.2, 0) is 6.42 Å². The minimum Gasteiger partial charge on any atom is -0.358 e. The third kappa shape index (κ3) is 1.24. The molecule has 0 unspecified atom stereocenters. The van der Waals surface area contributed by atoms with Crippen LogP contribution in [0.25, 0.3) is 10.9 Å². The Labute approximate surface area is 84.1 Å². The van der Waals surface area contributed by atoms with E-state index in [1.54, 1.807) is 0 Å². The summed E-state index contributed by atoms with van der Waals surface area (Å²) in [6.45, 7) is 2.20. The highest BCUT2D eigenvalue weighted by Crippen LogP contribution is 2.40. The van der Waals surface area contributed by atoms with Gasteiger partial charge < -0.3 is 4.98 Å². The maximum Gasteiger partial charge on any atom is 0.0456 e. The Morgan fingerprint density at radius 3 is 2.86 bits per heavy atom. The van der Waals surface area contributed by atoms with E-state index in [0.29, 0.717) is 0 Å². The fraction of sp³-hybridized carbons (Fsp3) is 0.385. The molecule has 2 aromatic rings. The van der Waals surface area contributed by atoms with Gasteiger partial charge in [-0.1, -0.05) is 13.0 Å². The molecule has 0 radical (unpaired) electrons. The first-order valence-electron chi connectivity index (χ1n) is 5.48. The Hall–Kier alpha value is -1.24. The van der Waals surface area contributed by atoms with Crippen LogP contribution in [0.15, 0.2) is 24.3 Å². The van der Waals surface area contributed by atoms with Crippen LogP contribution in [0.1, 0.15) is 36.9 Å². The summed E-state index contributed by atoms with van der Waals surface area (Å²) in [4.78, 5) is 3.51. The van der Waals surface area contributed by atoms with Crippen molar-refractivity contribution in [3.8, 4) is 0 Å². The molecule has 1 heterocycles. The highest BCUT2D eigenvalue weighted by atomic mass is 14.7. The van der Waals surface area contributed by atoms with Crippen LogP contribution >= 0.6 is 0 Å². The summed E-state index contributed by atoms with van der Waals surface area (Å²) < 4.78 is 0. The molecule has 1 aliphatic carbocycles. The molecule has 0 aliphatic heterocycles. The second-order valence-electron chi connectivity index (χ2n) is 4.27. The Balaban J connectivity index is 2.12. The van der Waals surface area contributed by atoms with Gasteiger partial charge in [0, 0.05) is 11.2 Å². The van der Waals surface area contributed by atoms with Crippen LogP contribution < -0.4 is 0 Å². The molecule has 1 N–H and O–H groups in total. The summed E-state index contributed by atoms with van der Waals surface area (Å²) in [7, 11) is 0. The van der Waals surface area contributed by atoms with E-state index in [-0.39, 0.29) is 0 Å². The standard InChI is InChI=1S/C13H15N/c1-2-9-3-6-12-11(7-9)8-13(14-12)10-4-5-10/h3,6-8,10,14H,2,4-5H2,1H3. The quantitative estimate of drug-likeness (QED) is 0.735. The van der Waals surface area contributed by atoms with Crippen molar-refractivity contribution in [2.75, 3.05) is 0 Å². The zero-order chi connectivity index (χ0) is 9.54. The van der Waals surface area contributed by atoms with E-state index in [1.807, 2.05) is 0 Å². The van der Waals surface area contributed by atoms with Crippen LogP contribution in [0.4, 0.5) is 0 Å². The first-order valence-corrected chi connectivity index (χ1v) is 5.48. The summed E-state index contributed by atoms with van der Waals surface area (Å²) in [5.41, 5.74) is 4.16. The number of H-pyrrole nitrogens is 1. The van der Waals surface area contributed by atoms with Crippen molar-refractivity contribution in [1.29, 1.82) is 0 Å². The zero-order valence-corrected chi connectivity index (χ0v) is 8.51. The van der Waals surface area contributed by atoms with Crippen molar-refractivity contribution in [3.05, 3.63) is 35.5 Å². The van der Waals surface area contributed by atoms with E-state index in [0.717, 1.165) is 12.3 Å². The van der Waals surface area contributed by atoms with Gasteiger partial charge in [-0.2, -0.15) is 0 Å². The first kappa shape index (κ1) is 8.10. The topological polar surface area (TPSA) is 15.8 Å². The number of aromatic nitrogens is 1. The lowest BCUT2D eigenvalue weighted by atomic mass is 10.1. The lowest BCUT2D eigenvalue weighted by Crippen LogP contribution is -1.77. The molecule has 0 bridgehead atoms. The summed E-state index contributed by atoms with van der Waals surface area (Å²) in [5.74, 6) is 0.826. The Morgan fingerprint density at radius 2 is 2.14 bits per heavy atom. The minimum absolute atomic E-state index is 0.826. The SMILES string of the molecule is CCc1ccc2[nH]c(C3CC3)cc2c1. The molecule has 72 valence electrons. The lowest BCUT2D eigenvalue weighted by Gasteiger charge is -1.94. The molecule has 14 heavy (non-hydrogen) atoms. The highest BCUT2D eigenvalue weighted by Gasteiger charge is 2.24. The van der Waals surface area contributed by atoms with Gasteiger partial charge in [-0.15, -0.1) is 0 Å². The fourth-order valence-electron chi connectivity index (χ4n) is 2.04. The molecule has 1 saturated carbocycles. The van der Waals surface area contributed by atoms with Crippen LogP contribution in [-0.4, -0.2) is 4.98 Å². The number of rotatable bonds is 2. The van der Waals surface area contributed by atoms with E-state index < -0.39 is 0 Å². The summed E-state index contributed by atoms with van der Waals surface area (Å²) >= 11 is 0. The normalized spacial score (nSPS) is 16.4. The molecule has 1 aliphatic rings. The molecule has 0 atom stereocenters. The number of aromatic amines is 1. The van der Waals surface area contributed by atoms with Gasteiger partial charge in [-0.3, -0.25) is 0 Å². The number of hydrogen-bond donors (Lipinski definition) is 1. The molecule has 3 rings (SSSR count). The van der Waals surface area contributed by atoms with Crippen molar-refractivity contribution < 1.29 is 0 Å². The third-order valence-corrected chi connectivity index (χ3v) is 3.13. The number of nitrogens with one attached hydrogen (secondary N) is 1. The molecular formula is C13H15N. The number of hydrogen-bond acceptors (Lipinski definition) is 0. The summed E-state index contributed by atoms with van der Waals surface area (Å²) in [6, 6.07) is 9.05. The van der Waals surface area contributed by atoms with Crippen molar-refractivity contribution in [1.82, 2.24) is 4.98 Å². The average Bonchev–Trinajstić information content (AvgIpc) is 2.97. The number of aryl methyl sites for hydroxylation is 1. The average molecular weight is 185 g/mol. The Kier molecular flexibility index (Phi) is 1.66. The molecular weight excluding hydrogens is 170 g/mol. The van der Waals surface area contributed by atoms with Crippen molar-refractivity contribution >= 4 is 10.9 Å². The summed E-state index contributed by atoms with van der Waals surface area (Å²) in [5, 5.41) is 1.38. The Bertz CT molecular complexity index is 463. The molecule has 0 spiro atoms. The second-order valence-corrected chi connectivity index (χ2v) is 4.27. The van der Waals surface area contributed by atoms with E-state index in [9.17, 15) is 0 Å². The van der Waals surface area contributed by atoms with Crippen LogP contribution in [0, 0.1) is 0 Å². The van der Waals surface area contributed by atoms with E-state index >= 15 is 0 Å². The maximum absolute atomic E-state index is 3.51. The van der Waals surface area contributed by atoms with Crippen molar-refractivity contribution in [3.63, 3.8) is 0 Å². The summed E-state index contributed by atoms with van der Waals surface area (Å²) in [6.07, 6.45) is 3.86. The maximum atomic E-state index is 3.51. The van der Waals surface area contributed by atoms with Gasteiger partial charge in [0.25, 0.3) is 0 Å². The lowest BCUT2D eigenvalue weighted by molar-refractivity contribution is 1.06. The Morgan fingerprint density at radius 1 is 1.29 bits per heavy atom. The van der Waals surface area contributed by atoms with E-state index in [4.69, 9.17) is 0 Å². The van der Waals surface area contributed by atoms with Crippen molar-refractivity contribution in [2.24, 2.45) is 0 Å². The molecule has 0 saturated heterocycles. The zero-order valence-electron chi connectivity index (χ0n) is 8.51. The van der Waals surface area contributed by atoms with Gasteiger partial charge in [0.05, 0.1) is 0 Å². The first-order chi connectivity index (χ1) is 6.86.